The number of hydrogen-bond donors (Lipinski definition) is 0. The maximum Gasteiger partial charge on any atom is 0.150 e. The van der Waals surface area contributed by atoms with Gasteiger partial charge < -0.3 is 4.52 Å². The number of aromatic nitrogens is 1. The zero-order chi connectivity index (χ0) is 9.35. The van der Waals surface area contributed by atoms with E-state index in [-0.39, 0.29) is 5.92 Å². The first-order chi connectivity index (χ1) is 5.43. The van der Waals surface area contributed by atoms with Gasteiger partial charge in [0.25, 0.3) is 0 Å². The van der Waals surface area contributed by atoms with Crippen LogP contribution in [0.25, 0.3) is 0 Å². The lowest BCUT2D eigenvalue weighted by Gasteiger charge is -2.13. The minimum Gasteiger partial charge on any atom is -0.364 e. The molecule has 0 fully saturated rings. The minimum absolute atomic E-state index is 0.251. The predicted octanol–water partition coefficient (Wildman–Crippen LogP) is 3.00. The van der Waals surface area contributed by atoms with Crippen LogP contribution in [-0.4, -0.2) is 5.16 Å². The summed E-state index contributed by atoms with van der Waals surface area (Å²) >= 11 is 0. The van der Waals surface area contributed by atoms with Gasteiger partial charge in [0, 0.05) is 5.56 Å². The number of halogens is 1. The Labute approximate surface area is 71.8 Å². The molecular formula is C9H14FNO. The zero-order valence-corrected chi connectivity index (χ0v) is 7.89. The molecule has 1 rings (SSSR count). The molecule has 0 unspecified atom stereocenters. The molecule has 0 aliphatic heterocycles. The summed E-state index contributed by atoms with van der Waals surface area (Å²) in [6, 6.07) is 0. The molecule has 0 saturated heterocycles. The maximum absolute atomic E-state index is 13.5. The van der Waals surface area contributed by atoms with Gasteiger partial charge in [-0.25, -0.2) is 4.39 Å². The van der Waals surface area contributed by atoms with Gasteiger partial charge in [-0.2, -0.15) is 0 Å². The highest BCUT2D eigenvalue weighted by atomic mass is 19.1. The van der Waals surface area contributed by atoms with Crippen LogP contribution in [0.15, 0.2) is 10.8 Å². The fraction of sp³-hybridized carbons (Fsp3) is 0.667. The molecule has 1 aromatic rings. The largest absolute Gasteiger partial charge is 0.364 e. The van der Waals surface area contributed by atoms with Crippen molar-refractivity contribution in [2.45, 2.75) is 39.3 Å². The van der Waals surface area contributed by atoms with E-state index in [0.717, 1.165) is 5.56 Å². The third-order valence-corrected chi connectivity index (χ3v) is 1.78. The Morgan fingerprint density at radius 2 is 2.08 bits per heavy atom. The molecule has 0 radical (unpaired) electrons. The molecule has 0 N–H and O–H groups in total. The van der Waals surface area contributed by atoms with E-state index < -0.39 is 5.67 Å². The highest BCUT2D eigenvalue weighted by Gasteiger charge is 2.27. The molecule has 1 aromatic heterocycles. The first kappa shape index (κ1) is 9.23. The summed E-state index contributed by atoms with van der Waals surface area (Å²) in [5.74, 6) is 0.251. The van der Waals surface area contributed by atoms with Gasteiger partial charge in [0.2, 0.25) is 0 Å². The monoisotopic (exact) mass is 171 g/mol. The van der Waals surface area contributed by atoms with Crippen molar-refractivity contribution in [2.24, 2.45) is 0 Å². The van der Waals surface area contributed by atoms with Crippen LogP contribution in [0, 0.1) is 0 Å². The average Bonchev–Trinajstić information content (AvgIpc) is 2.30. The lowest BCUT2D eigenvalue weighted by Crippen LogP contribution is -2.12. The topological polar surface area (TPSA) is 26.0 Å². The summed E-state index contributed by atoms with van der Waals surface area (Å²) < 4.78 is 18.2. The van der Waals surface area contributed by atoms with Gasteiger partial charge in [-0.05, 0) is 19.8 Å². The molecule has 0 saturated carbocycles. The molecule has 0 aromatic carbocycles. The molecule has 0 atom stereocenters. The molecule has 3 heteroatoms. The Bertz CT molecular complexity index is 260. The molecule has 12 heavy (non-hydrogen) atoms. The summed E-state index contributed by atoms with van der Waals surface area (Å²) in [6.45, 7) is 6.94. The molecular weight excluding hydrogens is 157 g/mol. The lowest BCUT2D eigenvalue weighted by atomic mass is 9.96. The maximum atomic E-state index is 13.5. The van der Waals surface area contributed by atoms with E-state index in [4.69, 9.17) is 4.52 Å². The second-order valence-corrected chi connectivity index (χ2v) is 3.75. The van der Waals surface area contributed by atoms with Crippen molar-refractivity contribution in [3.05, 3.63) is 17.5 Å². The van der Waals surface area contributed by atoms with E-state index in [2.05, 4.69) is 5.16 Å². The van der Waals surface area contributed by atoms with E-state index in [9.17, 15) is 4.39 Å². The fourth-order valence-electron chi connectivity index (χ4n) is 1.11. The van der Waals surface area contributed by atoms with Crippen molar-refractivity contribution in [3.63, 3.8) is 0 Å². The van der Waals surface area contributed by atoms with Crippen LogP contribution in [0.1, 0.15) is 44.9 Å². The standard InChI is InChI=1S/C9H14FNO/c1-6(2)7-5-12-11-8(7)9(3,4)10/h5-6H,1-4H3. The van der Waals surface area contributed by atoms with Crippen LogP contribution < -0.4 is 0 Å². The normalized spacial score (nSPS) is 12.5. The van der Waals surface area contributed by atoms with E-state index in [1.54, 1.807) is 0 Å². The Morgan fingerprint density at radius 1 is 1.50 bits per heavy atom. The summed E-state index contributed by atoms with van der Waals surface area (Å²) in [5, 5.41) is 3.66. The second-order valence-electron chi connectivity index (χ2n) is 3.75. The van der Waals surface area contributed by atoms with Crippen LogP contribution in [0.2, 0.25) is 0 Å². The summed E-state index contributed by atoms with van der Waals surface area (Å²) in [5.41, 5.74) is -0.146. The molecule has 2 nitrogen and oxygen atoms in total. The number of hydrogen-bond acceptors (Lipinski definition) is 2. The molecule has 0 spiro atoms. The highest BCUT2D eigenvalue weighted by Crippen LogP contribution is 2.30. The van der Waals surface area contributed by atoms with Crippen molar-refractivity contribution in [1.82, 2.24) is 5.16 Å². The lowest BCUT2D eigenvalue weighted by molar-refractivity contribution is 0.203. The van der Waals surface area contributed by atoms with Crippen LogP contribution in [0.3, 0.4) is 0 Å². The van der Waals surface area contributed by atoms with Crippen LogP contribution in [-0.2, 0) is 5.67 Å². The van der Waals surface area contributed by atoms with Crippen molar-refractivity contribution in [1.29, 1.82) is 0 Å². The SMILES string of the molecule is CC(C)c1conc1C(C)(C)F. The van der Waals surface area contributed by atoms with E-state index in [1.165, 1.54) is 20.1 Å². The van der Waals surface area contributed by atoms with Crippen LogP contribution >= 0.6 is 0 Å². The second kappa shape index (κ2) is 2.88. The molecule has 0 aliphatic carbocycles. The van der Waals surface area contributed by atoms with Crippen molar-refractivity contribution >= 4 is 0 Å². The fourth-order valence-corrected chi connectivity index (χ4v) is 1.11. The van der Waals surface area contributed by atoms with Gasteiger partial charge in [0.1, 0.15) is 12.0 Å². The number of nitrogens with zero attached hydrogens (tertiary/aromatic N) is 1. The molecule has 0 amide bonds. The summed E-state index contributed by atoms with van der Waals surface area (Å²) in [4.78, 5) is 0. The van der Waals surface area contributed by atoms with Crippen LogP contribution in [0.4, 0.5) is 4.39 Å². The zero-order valence-electron chi connectivity index (χ0n) is 7.89. The van der Waals surface area contributed by atoms with Crippen molar-refractivity contribution < 1.29 is 8.91 Å². The Balaban J connectivity index is 3.08. The van der Waals surface area contributed by atoms with E-state index in [1.807, 2.05) is 13.8 Å². The Kier molecular flexibility index (Phi) is 2.22. The van der Waals surface area contributed by atoms with Crippen molar-refractivity contribution in [3.8, 4) is 0 Å². The summed E-state index contributed by atoms with van der Waals surface area (Å²) in [7, 11) is 0. The van der Waals surface area contributed by atoms with Gasteiger partial charge in [-0.3, -0.25) is 0 Å². The first-order valence-electron chi connectivity index (χ1n) is 4.06. The number of alkyl halides is 1. The van der Waals surface area contributed by atoms with E-state index in [0.29, 0.717) is 5.69 Å². The van der Waals surface area contributed by atoms with Gasteiger partial charge in [0.15, 0.2) is 5.67 Å². The average molecular weight is 171 g/mol. The van der Waals surface area contributed by atoms with Gasteiger partial charge in [-0.15, -0.1) is 0 Å². The number of rotatable bonds is 2. The third-order valence-electron chi connectivity index (χ3n) is 1.78. The molecule has 0 bridgehead atoms. The van der Waals surface area contributed by atoms with Crippen molar-refractivity contribution in [2.75, 3.05) is 0 Å². The quantitative estimate of drug-likeness (QED) is 0.683. The molecule has 68 valence electrons. The third kappa shape index (κ3) is 1.65. The molecule has 1 heterocycles. The van der Waals surface area contributed by atoms with Gasteiger partial charge in [-0.1, -0.05) is 19.0 Å². The Morgan fingerprint density at radius 3 is 2.42 bits per heavy atom. The van der Waals surface area contributed by atoms with Crippen LogP contribution in [0.5, 0.6) is 0 Å². The molecule has 0 aliphatic rings. The van der Waals surface area contributed by atoms with Gasteiger partial charge >= 0.3 is 0 Å². The van der Waals surface area contributed by atoms with E-state index >= 15 is 0 Å². The predicted molar refractivity (Wildman–Crippen MR) is 44.7 cm³/mol. The summed E-state index contributed by atoms with van der Waals surface area (Å²) in [6.07, 6.45) is 1.52. The van der Waals surface area contributed by atoms with Gasteiger partial charge in [0.05, 0.1) is 0 Å². The first-order valence-corrected chi connectivity index (χ1v) is 4.06. The highest BCUT2D eigenvalue weighted by molar-refractivity contribution is 5.23. The smallest absolute Gasteiger partial charge is 0.150 e. The minimum atomic E-state index is -1.41. The Hall–Kier alpha value is -0.860.